The van der Waals surface area contributed by atoms with Crippen molar-refractivity contribution in [2.45, 2.75) is 31.4 Å². The minimum Gasteiger partial charge on any atom is -0.393 e. The Morgan fingerprint density at radius 1 is 1.32 bits per heavy atom. The van der Waals surface area contributed by atoms with Gasteiger partial charge in [-0.2, -0.15) is 0 Å². The molecular weight excluding hydrogens is 318 g/mol. The van der Waals surface area contributed by atoms with Gasteiger partial charge in [-0.05, 0) is 17.5 Å². The second-order valence-corrected chi connectivity index (χ2v) is 8.63. The predicted octanol–water partition coefficient (Wildman–Crippen LogP) is 2.07. The van der Waals surface area contributed by atoms with Crippen LogP contribution in [0, 0.1) is 5.41 Å². The number of rotatable bonds is 7. The van der Waals surface area contributed by atoms with Gasteiger partial charge < -0.3 is 10.5 Å². The Balaban J connectivity index is 2.48. The molecule has 0 saturated heterocycles. The largest absolute Gasteiger partial charge is 0.393 e. The highest BCUT2D eigenvalue weighted by atomic mass is 32.2. The molecule has 3 atom stereocenters. The molecule has 122 valence electrons. The van der Waals surface area contributed by atoms with Crippen molar-refractivity contribution in [3.05, 3.63) is 35.4 Å². The van der Waals surface area contributed by atoms with Crippen molar-refractivity contribution in [1.82, 2.24) is 0 Å². The lowest BCUT2D eigenvalue weighted by molar-refractivity contribution is 0.166. The zero-order valence-electron chi connectivity index (χ0n) is 13.2. The molecule has 2 rings (SSSR count). The molecule has 6 heteroatoms. The van der Waals surface area contributed by atoms with Crippen LogP contribution in [0.3, 0.4) is 0 Å². The van der Waals surface area contributed by atoms with Crippen LogP contribution < -0.4 is 5.73 Å². The maximum Gasteiger partial charge on any atom is 0.154 e. The fourth-order valence-electron chi connectivity index (χ4n) is 3.32. The Hall–Kier alpha value is -0.980. The van der Waals surface area contributed by atoms with Gasteiger partial charge >= 0.3 is 0 Å². The van der Waals surface area contributed by atoms with E-state index < -0.39 is 20.5 Å². The SMILES string of the molecule is CCc1ccc([C@@H]2[C@H](S(=O)(=O)CC)[C@@]2(COC)C(N)=S)cc1. The van der Waals surface area contributed by atoms with E-state index in [1.165, 1.54) is 5.56 Å². The summed E-state index contributed by atoms with van der Waals surface area (Å²) >= 11 is 5.21. The second kappa shape index (κ2) is 6.26. The van der Waals surface area contributed by atoms with Crippen LogP contribution in [0.15, 0.2) is 24.3 Å². The Bertz CT molecular complexity index is 654. The van der Waals surface area contributed by atoms with E-state index in [0.717, 1.165) is 12.0 Å². The molecule has 0 amide bonds. The Labute approximate surface area is 138 Å². The third kappa shape index (κ3) is 2.68. The molecule has 1 aromatic rings. The van der Waals surface area contributed by atoms with Crippen molar-refractivity contribution in [1.29, 1.82) is 0 Å². The van der Waals surface area contributed by atoms with Gasteiger partial charge in [0, 0.05) is 18.8 Å². The van der Waals surface area contributed by atoms with Crippen LogP contribution in [0.1, 0.15) is 30.9 Å². The lowest BCUT2D eigenvalue weighted by atomic mass is 9.98. The van der Waals surface area contributed by atoms with Crippen molar-refractivity contribution in [2.75, 3.05) is 19.5 Å². The molecule has 0 bridgehead atoms. The number of hydrogen-bond donors (Lipinski definition) is 1. The first-order chi connectivity index (χ1) is 10.3. The highest BCUT2D eigenvalue weighted by Gasteiger charge is 2.72. The van der Waals surface area contributed by atoms with Crippen LogP contribution >= 0.6 is 12.2 Å². The summed E-state index contributed by atoms with van der Waals surface area (Å²) in [6, 6.07) is 8.02. The summed E-state index contributed by atoms with van der Waals surface area (Å²) in [7, 11) is -1.71. The number of benzene rings is 1. The molecule has 1 saturated carbocycles. The van der Waals surface area contributed by atoms with E-state index in [2.05, 4.69) is 6.92 Å². The molecule has 1 aliphatic carbocycles. The van der Waals surface area contributed by atoms with Crippen LogP contribution in [0.4, 0.5) is 0 Å². The zero-order valence-corrected chi connectivity index (χ0v) is 14.8. The van der Waals surface area contributed by atoms with E-state index in [0.29, 0.717) is 0 Å². The Kier molecular flexibility index (Phi) is 4.94. The summed E-state index contributed by atoms with van der Waals surface area (Å²) in [6.45, 7) is 3.97. The summed E-state index contributed by atoms with van der Waals surface area (Å²) in [5.74, 6) is -0.143. The average Bonchev–Trinajstić information content (AvgIpc) is 3.19. The monoisotopic (exact) mass is 341 g/mol. The van der Waals surface area contributed by atoms with Gasteiger partial charge in [0.25, 0.3) is 0 Å². The summed E-state index contributed by atoms with van der Waals surface area (Å²) in [5, 5.41) is -0.588. The molecule has 0 radical (unpaired) electrons. The third-order valence-corrected chi connectivity index (χ3v) is 7.29. The van der Waals surface area contributed by atoms with Crippen LogP contribution in [-0.4, -0.2) is 38.1 Å². The minimum atomic E-state index is -3.26. The maximum absolute atomic E-state index is 12.5. The van der Waals surface area contributed by atoms with Gasteiger partial charge in [-0.3, -0.25) is 0 Å². The van der Waals surface area contributed by atoms with Gasteiger partial charge in [0.1, 0.15) is 0 Å². The molecule has 22 heavy (non-hydrogen) atoms. The van der Waals surface area contributed by atoms with E-state index in [1.54, 1.807) is 14.0 Å². The van der Waals surface area contributed by atoms with E-state index >= 15 is 0 Å². The van der Waals surface area contributed by atoms with Crippen molar-refractivity contribution < 1.29 is 13.2 Å². The smallest absolute Gasteiger partial charge is 0.154 e. The van der Waals surface area contributed by atoms with Crippen molar-refractivity contribution in [3.63, 3.8) is 0 Å². The Morgan fingerprint density at radius 3 is 2.32 bits per heavy atom. The van der Waals surface area contributed by atoms with Crippen molar-refractivity contribution in [2.24, 2.45) is 11.1 Å². The van der Waals surface area contributed by atoms with Gasteiger partial charge in [-0.1, -0.05) is 50.3 Å². The number of ether oxygens (including phenoxy) is 1. The first kappa shape index (κ1) is 17.4. The molecule has 0 aliphatic heterocycles. The topological polar surface area (TPSA) is 69.4 Å². The number of sulfone groups is 1. The first-order valence-electron chi connectivity index (χ1n) is 7.44. The van der Waals surface area contributed by atoms with E-state index in [-0.39, 0.29) is 23.3 Å². The van der Waals surface area contributed by atoms with Gasteiger partial charge in [-0.25, -0.2) is 8.42 Å². The third-order valence-electron chi connectivity index (χ3n) is 4.63. The quantitative estimate of drug-likeness (QED) is 0.769. The normalized spacial score (nSPS) is 27.6. The van der Waals surface area contributed by atoms with Crippen LogP contribution in [0.5, 0.6) is 0 Å². The number of nitrogens with two attached hydrogens (primary N) is 1. The van der Waals surface area contributed by atoms with Gasteiger partial charge in [0.15, 0.2) is 9.84 Å². The van der Waals surface area contributed by atoms with Crippen molar-refractivity contribution in [3.8, 4) is 0 Å². The molecular formula is C16H23NO3S2. The second-order valence-electron chi connectivity index (χ2n) is 5.78. The number of aryl methyl sites for hydroxylation is 1. The molecule has 0 spiro atoms. The molecule has 0 heterocycles. The molecule has 1 aliphatic rings. The van der Waals surface area contributed by atoms with Crippen LogP contribution in [0.2, 0.25) is 0 Å². The van der Waals surface area contributed by atoms with E-state index in [4.69, 9.17) is 22.7 Å². The minimum absolute atomic E-state index is 0.0787. The van der Waals surface area contributed by atoms with Gasteiger partial charge in [0.2, 0.25) is 0 Å². The summed E-state index contributed by atoms with van der Waals surface area (Å²) in [4.78, 5) is 0.223. The molecule has 1 fully saturated rings. The zero-order chi connectivity index (χ0) is 16.5. The summed E-state index contributed by atoms with van der Waals surface area (Å²) in [5.41, 5.74) is 7.32. The highest BCUT2D eigenvalue weighted by Crippen LogP contribution is 2.63. The van der Waals surface area contributed by atoms with E-state index in [1.807, 2.05) is 24.3 Å². The first-order valence-corrected chi connectivity index (χ1v) is 9.56. The standard InChI is InChI=1S/C16H23NO3S2/c1-4-11-6-8-12(9-7-11)13-14(22(18,19)5-2)16(13,10-20-3)15(17)21/h6-9,13-14H,4-5,10H2,1-3H3,(H2,17,21)/t13-,14+,16+/m1/s1. The predicted molar refractivity (Wildman–Crippen MR) is 92.9 cm³/mol. The van der Waals surface area contributed by atoms with Crippen LogP contribution in [-0.2, 0) is 21.0 Å². The number of hydrogen-bond acceptors (Lipinski definition) is 4. The summed E-state index contributed by atoms with van der Waals surface area (Å²) in [6.07, 6.45) is 0.945. The molecule has 0 unspecified atom stereocenters. The van der Waals surface area contributed by atoms with E-state index in [9.17, 15) is 8.42 Å². The number of thiocarbonyl (C=S) groups is 1. The van der Waals surface area contributed by atoms with Crippen LogP contribution in [0.25, 0.3) is 0 Å². The summed E-state index contributed by atoms with van der Waals surface area (Å²) < 4.78 is 30.3. The van der Waals surface area contributed by atoms with Gasteiger partial charge in [-0.15, -0.1) is 0 Å². The molecule has 1 aromatic carbocycles. The lowest BCUT2D eigenvalue weighted by Crippen LogP contribution is -2.33. The fraction of sp³-hybridized carbons (Fsp3) is 0.562. The molecule has 4 nitrogen and oxygen atoms in total. The maximum atomic E-state index is 12.5. The fourth-order valence-corrected chi connectivity index (χ4v) is 5.79. The van der Waals surface area contributed by atoms with Crippen molar-refractivity contribution >= 4 is 27.0 Å². The lowest BCUT2D eigenvalue weighted by Gasteiger charge is -2.15. The molecule has 0 aromatic heterocycles. The highest BCUT2D eigenvalue weighted by molar-refractivity contribution is 7.92. The van der Waals surface area contributed by atoms with Gasteiger partial charge in [0.05, 0.1) is 22.3 Å². The number of methoxy groups -OCH3 is 1. The Morgan fingerprint density at radius 2 is 1.91 bits per heavy atom. The average molecular weight is 341 g/mol. The molecule has 2 N–H and O–H groups in total.